The Labute approximate surface area is 117 Å². The van der Waals surface area contributed by atoms with Crippen LogP contribution in [0.2, 0.25) is 5.15 Å². The third-order valence-corrected chi connectivity index (χ3v) is 3.05. The first kappa shape index (κ1) is 13.6. The summed E-state index contributed by atoms with van der Waals surface area (Å²) in [6.07, 6.45) is 0.707. The van der Waals surface area contributed by atoms with E-state index in [1.165, 1.54) is 0 Å². The Kier molecular flexibility index (Phi) is 4.22. The fourth-order valence-electron chi connectivity index (χ4n) is 1.52. The van der Waals surface area contributed by atoms with Crippen molar-refractivity contribution in [2.24, 2.45) is 0 Å². The molecule has 0 bridgehead atoms. The van der Waals surface area contributed by atoms with E-state index in [0.717, 1.165) is 11.3 Å². The van der Waals surface area contributed by atoms with Crippen molar-refractivity contribution >= 4 is 11.6 Å². The summed E-state index contributed by atoms with van der Waals surface area (Å²) >= 11 is 6.06. The van der Waals surface area contributed by atoms with Crippen molar-refractivity contribution in [3.05, 3.63) is 40.8 Å². The first-order valence-corrected chi connectivity index (χ1v) is 6.36. The highest BCUT2D eigenvalue weighted by Gasteiger charge is 2.10. The maximum Gasteiger partial charge on any atom is 0.226 e. The number of hydrogen-bond acceptors (Lipinski definition) is 4. The van der Waals surface area contributed by atoms with Crippen LogP contribution in [0.3, 0.4) is 0 Å². The number of rotatable bonds is 4. The van der Waals surface area contributed by atoms with Crippen molar-refractivity contribution in [1.29, 1.82) is 0 Å². The molecule has 0 N–H and O–H groups in total. The third-order valence-electron chi connectivity index (χ3n) is 2.68. The first-order chi connectivity index (χ1) is 9.13. The molecule has 0 atom stereocenters. The normalized spacial score (nSPS) is 10.3. The molecule has 0 unspecified atom stereocenters. The van der Waals surface area contributed by atoms with Gasteiger partial charge < -0.3 is 9.47 Å². The number of ether oxygens (including phenoxy) is 2. The van der Waals surface area contributed by atoms with Crippen molar-refractivity contribution in [3.8, 4) is 17.4 Å². The molecule has 4 nitrogen and oxygen atoms in total. The van der Waals surface area contributed by atoms with Gasteiger partial charge in [-0.15, -0.1) is 0 Å². The molecule has 5 heteroatoms. The Morgan fingerprint density at radius 3 is 2.32 bits per heavy atom. The third kappa shape index (κ3) is 3.15. The van der Waals surface area contributed by atoms with Crippen LogP contribution in [0, 0.1) is 6.92 Å². The van der Waals surface area contributed by atoms with Gasteiger partial charge in [-0.05, 0) is 31.2 Å². The molecule has 1 aromatic heterocycles. The molecule has 0 amide bonds. The Balaban J connectivity index is 2.28. The molecule has 0 saturated heterocycles. The summed E-state index contributed by atoms with van der Waals surface area (Å²) in [5, 5.41) is 0.426. The molecule has 1 aromatic carbocycles. The van der Waals surface area contributed by atoms with E-state index < -0.39 is 0 Å². The number of halogens is 1. The molecular formula is C14H15ClN2O2. The molecule has 100 valence electrons. The van der Waals surface area contributed by atoms with Gasteiger partial charge in [-0.3, -0.25) is 0 Å². The van der Waals surface area contributed by atoms with Gasteiger partial charge in [-0.1, -0.05) is 18.5 Å². The smallest absolute Gasteiger partial charge is 0.226 e. The largest absolute Gasteiger partial charge is 0.497 e. The van der Waals surface area contributed by atoms with Gasteiger partial charge in [0.2, 0.25) is 5.88 Å². The monoisotopic (exact) mass is 278 g/mol. The second-order valence-electron chi connectivity index (χ2n) is 3.99. The average Bonchev–Trinajstić information content (AvgIpc) is 2.44. The second kappa shape index (κ2) is 5.89. The van der Waals surface area contributed by atoms with Gasteiger partial charge in [0, 0.05) is 12.0 Å². The highest BCUT2D eigenvalue weighted by molar-refractivity contribution is 6.30. The highest BCUT2D eigenvalue weighted by Crippen LogP contribution is 2.28. The summed E-state index contributed by atoms with van der Waals surface area (Å²) in [6, 6.07) is 7.29. The molecule has 0 aliphatic carbocycles. The van der Waals surface area contributed by atoms with E-state index >= 15 is 0 Å². The summed E-state index contributed by atoms with van der Waals surface area (Å²) < 4.78 is 10.8. The summed E-state index contributed by atoms with van der Waals surface area (Å²) in [6.45, 7) is 3.80. The van der Waals surface area contributed by atoms with Gasteiger partial charge >= 0.3 is 0 Å². The van der Waals surface area contributed by atoms with E-state index in [0.29, 0.717) is 29.0 Å². The minimum atomic E-state index is 0.426. The van der Waals surface area contributed by atoms with Crippen LogP contribution in [0.15, 0.2) is 24.3 Å². The fourth-order valence-corrected chi connectivity index (χ4v) is 1.70. The molecule has 0 aliphatic heterocycles. The number of benzene rings is 1. The van der Waals surface area contributed by atoms with Crippen molar-refractivity contribution in [3.63, 3.8) is 0 Å². The van der Waals surface area contributed by atoms with E-state index in [1.807, 2.05) is 38.1 Å². The standard InChI is InChI=1S/C14H15ClN2O2/c1-4-12-16-13(15)9(2)14(17-12)19-11-7-5-10(18-3)6-8-11/h5-8H,4H2,1-3H3. The molecule has 19 heavy (non-hydrogen) atoms. The minimum absolute atomic E-state index is 0.426. The zero-order valence-electron chi connectivity index (χ0n) is 11.1. The molecule has 1 heterocycles. The van der Waals surface area contributed by atoms with Crippen LogP contribution < -0.4 is 9.47 Å². The minimum Gasteiger partial charge on any atom is -0.497 e. The second-order valence-corrected chi connectivity index (χ2v) is 4.35. The summed E-state index contributed by atoms with van der Waals surface area (Å²) in [7, 11) is 1.62. The number of aryl methyl sites for hydroxylation is 1. The van der Waals surface area contributed by atoms with E-state index in [9.17, 15) is 0 Å². The molecule has 0 saturated carbocycles. The Hall–Kier alpha value is -1.81. The SMILES string of the molecule is CCc1nc(Cl)c(C)c(Oc2ccc(OC)cc2)n1. The van der Waals surface area contributed by atoms with Crippen LogP contribution in [0.1, 0.15) is 18.3 Å². The van der Waals surface area contributed by atoms with Crippen molar-refractivity contribution in [2.75, 3.05) is 7.11 Å². The van der Waals surface area contributed by atoms with Crippen LogP contribution in [0.4, 0.5) is 0 Å². The number of methoxy groups -OCH3 is 1. The lowest BCUT2D eigenvalue weighted by Crippen LogP contribution is -2.00. The van der Waals surface area contributed by atoms with E-state index in [2.05, 4.69) is 9.97 Å². The lowest BCUT2D eigenvalue weighted by atomic mass is 10.3. The van der Waals surface area contributed by atoms with E-state index in [4.69, 9.17) is 21.1 Å². The topological polar surface area (TPSA) is 44.2 Å². The predicted octanol–water partition coefficient (Wildman–Crippen LogP) is 3.80. The van der Waals surface area contributed by atoms with Crippen LogP contribution in [0.25, 0.3) is 0 Å². The van der Waals surface area contributed by atoms with Gasteiger partial charge in [-0.25, -0.2) is 4.98 Å². The van der Waals surface area contributed by atoms with Gasteiger partial charge in [0.1, 0.15) is 22.5 Å². The van der Waals surface area contributed by atoms with E-state index in [-0.39, 0.29) is 0 Å². The lowest BCUT2D eigenvalue weighted by Gasteiger charge is -2.10. The summed E-state index contributed by atoms with van der Waals surface area (Å²) in [4.78, 5) is 8.52. The fraction of sp³-hybridized carbons (Fsp3) is 0.286. The maximum atomic E-state index is 6.06. The number of hydrogen-bond donors (Lipinski definition) is 0. The summed E-state index contributed by atoms with van der Waals surface area (Å²) in [5.74, 6) is 2.61. The zero-order chi connectivity index (χ0) is 13.8. The van der Waals surface area contributed by atoms with Crippen molar-refractivity contribution < 1.29 is 9.47 Å². The Bertz CT molecular complexity index is 570. The molecule has 0 aliphatic rings. The molecule has 0 fully saturated rings. The van der Waals surface area contributed by atoms with Gasteiger partial charge in [0.25, 0.3) is 0 Å². The molecule has 2 rings (SSSR count). The van der Waals surface area contributed by atoms with Crippen molar-refractivity contribution in [1.82, 2.24) is 9.97 Å². The van der Waals surface area contributed by atoms with Crippen molar-refractivity contribution in [2.45, 2.75) is 20.3 Å². The quantitative estimate of drug-likeness (QED) is 0.798. The predicted molar refractivity (Wildman–Crippen MR) is 74.2 cm³/mol. The Morgan fingerprint density at radius 2 is 1.74 bits per heavy atom. The number of aromatic nitrogens is 2. The van der Waals surface area contributed by atoms with Crippen LogP contribution in [-0.4, -0.2) is 17.1 Å². The zero-order valence-corrected chi connectivity index (χ0v) is 11.9. The van der Waals surface area contributed by atoms with Crippen LogP contribution in [0.5, 0.6) is 17.4 Å². The lowest BCUT2D eigenvalue weighted by molar-refractivity contribution is 0.411. The first-order valence-electron chi connectivity index (χ1n) is 5.99. The average molecular weight is 279 g/mol. The van der Waals surface area contributed by atoms with Crippen LogP contribution >= 0.6 is 11.6 Å². The molecular weight excluding hydrogens is 264 g/mol. The maximum absolute atomic E-state index is 6.06. The molecule has 0 spiro atoms. The summed E-state index contributed by atoms with van der Waals surface area (Å²) in [5.41, 5.74) is 0.731. The molecule has 0 radical (unpaired) electrons. The highest BCUT2D eigenvalue weighted by atomic mass is 35.5. The van der Waals surface area contributed by atoms with E-state index in [1.54, 1.807) is 7.11 Å². The van der Waals surface area contributed by atoms with Gasteiger partial charge in [-0.2, -0.15) is 4.98 Å². The Morgan fingerprint density at radius 1 is 1.11 bits per heavy atom. The number of nitrogens with zero attached hydrogens (tertiary/aromatic N) is 2. The van der Waals surface area contributed by atoms with Gasteiger partial charge in [0.15, 0.2) is 0 Å². The molecule has 2 aromatic rings. The van der Waals surface area contributed by atoms with Gasteiger partial charge in [0.05, 0.1) is 7.11 Å². The van der Waals surface area contributed by atoms with Crippen LogP contribution in [-0.2, 0) is 6.42 Å².